The number of benzene rings is 5. The first kappa shape index (κ1) is 97.2. The number of carboxylic acid groups (broad SMARTS) is 1. The molecule has 1 aromatic heterocycles. The van der Waals surface area contributed by atoms with Gasteiger partial charge in [-0.25, -0.2) is 0 Å². The number of hydrogen-bond donors (Lipinski definition) is 14. The van der Waals surface area contributed by atoms with Crippen LogP contribution in [0.4, 0.5) is 0 Å². The van der Waals surface area contributed by atoms with Crippen molar-refractivity contribution in [1.82, 2.24) is 77.3 Å². The molecule has 5 aromatic carbocycles. The van der Waals surface area contributed by atoms with Crippen molar-refractivity contribution in [3.63, 3.8) is 0 Å². The number of thioether (sulfide) groups is 1. The first-order valence-corrected chi connectivity index (χ1v) is 41.7. The molecule has 0 radical (unpaired) electrons. The Morgan fingerprint density at radius 2 is 0.976 bits per heavy atom. The van der Waals surface area contributed by atoms with E-state index in [1.807, 2.05) is 6.92 Å². The number of aliphatic carboxylic acids is 1. The zero-order chi connectivity index (χ0) is 90.5. The number of unbranched alkanes of at least 4 members (excludes halogenated alkanes) is 1. The molecule has 35 nitrogen and oxygen atoms in total. The molecule has 0 saturated carbocycles. The highest BCUT2D eigenvalue weighted by Gasteiger charge is 2.42. The molecule has 0 aliphatic carbocycles. The second-order valence-corrected chi connectivity index (χ2v) is 32.6. The van der Waals surface area contributed by atoms with Gasteiger partial charge in [0.25, 0.3) is 0 Å². The third-order valence-corrected chi connectivity index (χ3v) is 21.9. The molecule has 1 fully saturated rings. The van der Waals surface area contributed by atoms with Crippen LogP contribution in [-0.2, 0) is 109 Å². The molecule has 11 atom stereocenters. The molecule has 123 heavy (non-hydrogen) atoms. The topological polar surface area (TPSA) is 500 Å². The van der Waals surface area contributed by atoms with E-state index in [1.54, 1.807) is 119 Å². The van der Waals surface area contributed by atoms with Crippen molar-refractivity contribution in [2.75, 3.05) is 66.4 Å². The Labute approximate surface area is 718 Å². The molecule has 15 amide bonds. The SMILES string of the molecule is CCCCC1C(=O)N(C)CC(=O)NC(CC(=O)O)C(=O)NC(C(C)C)C(=O)N(C)C(Cc2ccccc2)C(=O)NC(Cc2ccc(O)cc2)C(=O)N(C)CC(=O)NC(Cc2c[nH]c3ccccc23)C(=O)NC(Cc2ccc(O)cc2)C(=O)NC(CC(C)C)C(=O)NC(C(=O)NCC(N)=O)CSCC(=O)NC(C)C(=O)N(C)C(Cc2ccccc2)C(=O)N1C. The normalized spacial score (nSPS) is 22.4. The monoisotopic (exact) mass is 1720 g/mol. The molecule has 6 aromatic rings. The van der Waals surface area contributed by atoms with E-state index in [1.165, 1.54) is 90.7 Å². The number of nitrogens with one attached hydrogen (secondary N) is 10. The van der Waals surface area contributed by atoms with Crippen molar-refractivity contribution in [2.45, 2.75) is 172 Å². The summed E-state index contributed by atoms with van der Waals surface area (Å²) >= 11 is 0.823. The van der Waals surface area contributed by atoms with Gasteiger partial charge < -0.3 is 98.4 Å². The number of nitrogens with two attached hydrogens (primary N) is 1. The number of nitrogens with zero attached hydrogens (tertiary/aromatic N) is 5. The average Bonchev–Trinajstić information content (AvgIpc) is 1.81. The van der Waals surface area contributed by atoms with Crippen LogP contribution in [0.1, 0.15) is 101 Å². The lowest BCUT2D eigenvalue weighted by molar-refractivity contribution is -0.151. The van der Waals surface area contributed by atoms with Crippen molar-refractivity contribution in [1.29, 1.82) is 0 Å². The van der Waals surface area contributed by atoms with Crippen LogP contribution in [0.3, 0.4) is 0 Å². The summed E-state index contributed by atoms with van der Waals surface area (Å²) in [4.78, 5) is 240. The van der Waals surface area contributed by atoms with Crippen LogP contribution in [0.25, 0.3) is 10.9 Å². The smallest absolute Gasteiger partial charge is 0.305 e. The first-order chi connectivity index (χ1) is 58.3. The third-order valence-electron chi connectivity index (χ3n) is 20.9. The van der Waals surface area contributed by atoms with Crippen LogP contribution in [0.15, 0.2) is 140 Å². The van der Waals surface area contributed by atoms with Gasteiger partial charge in [0.2, 0.25) is 88.6 Å². The first-order valence-electron chi connectivity index (χ1n) is 40.6. The number of phenolic OH excluding ortho intramolecular Hbond substituents is 2. The number of carbonyl (C=O) groups excluding carboxylic acids is 15. The highest BCUT2D eigenvalue weighted by molar-refractivity contribution is 8.00. The third kappa shape index (κ3) is 29.5. The fourth-order valence-corrected chi connectivity index (χ4v) is 14.9. The minimum atomic E-state index is -1.90. The van der Waals surface area contributed by atoms with E-state index >= 15 is 28.8 Å². The van der Waals surface area contributed by atoms with E-state index in [-0.39, 0.29) is 68.1 Å². The van der Waals surface area contributed by atoms with E-state index in [0.29, 0.717) is 51.6 Å². The van der Waals surface area contributed by atoms with Crippen LogP contribution in [0, 0.1) is 11.8 Å². The van der Waals surface area contributed by atoms with Gasteiger partial charge in [0, 0.05) is 90.2 Å². The highest BCUT2D eigenvalue weighted by Crippen LogP contribution is 2.24. The maximum absolute atomic E-state index is 15.4. The lowest BCUT2D eigenvalue weighted by atomic mass is 9.98. The number of carboxylic acids is 1. The second-order valence-electron chi connectivity index (χ2n) is 31.5. The number of rotatable bonds is 21. The van der Waals surface area contributed by atoms with Gasteiger partial charge in [0.05, 0.1) is 31.8 Å². The summed E-state index contributed by atoms with van der Waals surface area (Å²) in [7, 11) is 6.48. The number of aromatic nitrogens is 1. The Kier molecular flexibility index (Phi) is 37.0. The average molecular weight is 1720 g/mol. The number of hydrogen-bond acceptors (Lipinski definition) is 19. The van der Waals surface area contributed by atoms with E-state index < -0.39 is 199 Å². The fourth-order valence-electron chi connectivity index (χ4n) is 14.1. The van der Waals surface area contributed by atoms with Gasteiger partial charge in [-0.1, -0.05) is 151 Å². The molecule has 2 heterocycles. The van der Waals surface area contributed by atoms with Gasteiger partial charge in [0.15, 0.2) is 0 Å². The van der Waals surface area contributed by atoms with Crippen LogP contribution in [0.2, 0.25) is 0 Å². The molecule has 15 N–H and O–H groups in total. The van der Waals surface area contributed by atoms with Gasteiger partial charge in [-0.3, -0.25) is 76.7 Å². The summed E-state index contributed by atoms with van der Waals surface area (Å²) in [5.41, 5.74) is 8.49. The number of aromatic amines is 1. The van der Waals surface area contributed by atoms with Crippen molar-refractivity contribution < 1.29 is 92.0 Å². The van der Waals surface area contributed by atoms with Crippen LogP contribution >= 0.6 is 11.8 Å². The predicted octanol–water partition coefficient (Wildman–Crippen LogP) is 1.10. The molecular formula is C87H114N16O19S. The molecule has 0 bridgehead atoms. The minimum absolute atomic E-state index is 0.0436. The number of aromatic hydroxyl groups is 2. The summed E-state index contributed by atoms with van der Waals surface area (Å²) in [5.74, 6) is -17.3. The Bertz CT molecular complexity index is 4710. The van der Waals surface area contributed by atoms with Crippen molar-refractivity contribution in [3.8, 4) is 11.5 Å². The van der Waals surface area contributed by atoms with Crippen LogP contribution in [-0.4, -0.2) is 272 Å². The number of H-pyrrole nitrogens is 1. The molecule has 1 aliphatic rings. The highest BCUT2D eigenvalue weighted by atomic mass is 32.2. The van der Waals surface area contributed by atoms with Crippen molar-refractivity contribution >= 4 is 117 Å². The molecule has 0 spiro atoms. The van der Waals surface area contributed by atoms with E-state index in [9.17, 15) is 63.3 Å². The van der Waals surface area contributed by atoms with E-state index in [4.69, 9.17) is 5.73 Å². The van der Waals surface area contributed by atoms with Gasteiger partial charge in [0.1, 0.15) is 78.0 Å². The number of para-hydroxylation sites is 1. The summed E-state index contributed by atoms with van der Waals surface area (Å²) in [6.07, 6.45) is 0.310. The zero-order valence-corrected chi connectivity index (χ0v) is 71.8. The number of amides is 15. The molecule has 36 heteroatoms. The summed E-state index contributed by atoms with van der Waals surface area (Å²) in [5, 5.41) is 55.1. The second kappa shape index (κ2) is 46.8. The molecular weight excluding hydrogens is 1610 g/mol. The van der Waals surface area contributed by atoms with Crippen molar-refractivity contribution in [3.05, 3.63) is 167 Å². The Hall–Kier alpha value is -12.9. The molecule has 7 rings (SSSR count). The van der Waals surface area contributed by atoms with E-state index in [2.05, 4.69) is 52.8 Å². The number of likely N-dealkylation sites (N-methyl/N-ethyl adjacent to an activating group) is 5. The summed E-state index contributed by atoms with van der Waals surface area (Å²) in [6, 6.07) is 18.8. The Balaban J connectivity index is 1.31. The molecule has 662 valence electrons. The minimum Gasteiger partial charge on any atom is -0.508 e. The van der Waals surface area contributed by atoms with Gasteiger partial charge in [-0.2, -0.15) is 0 Å². The maximum atomic E-state index is 15.4. The van der Waals surface area contributed by atoms with E-state index in [0.717, 1.165) is 36.3 Å². The number of phenols is 2. The standard InChI is InChI=1S/C87H114N16O19S/c1-12-13-28-68-85(120)100(8)47-73(108)93-65(43-75(110)111)81(116)98-76(51(4)5)87(122)102(10)69(40-53-22-16-14-17-23-53)82(117)96-66(39-56-31-35-59(105)36-32-56)84(119)99(7)46-72(107)92-64(42-57-44-89-61-27-21-20-26-60(57)61)80(115)95-63(38-55-29-33-58(104)34-30-55)79(114)94-62(37-50(2)3)78(113)97-67(77(112)90-45-71(88)106)48-123-49-74(109)91-52(6)83(118)103(11)70(86(121)101(68)9)41-54-24-18-15-19-25-54/h14-27,29-36,44,50-52,62-70,76,89,104-105H,12-13,28,37-43,45-49H2,1-11H3,(H2,88,106)(H,90,112)(H,91,109)(H,92,107)(H,93,108)(H,94,114)(H,95,115)(H,96,117)(H,97,113)(H,98,116)(H,110,111). The Morgan fingerprint density at radius 1 is 0.496 bits per heavy atom. The zero-order valence-electron chi connectivity index (χ0n) is 71.0. The van der Waals surface area contributed by atoms with Gasteiger partial charge in [-0.05, 0) is 89.8 Å². The predicted molar refractivity (Wildman–Crippen MR) is 458 cm³/mol. The van der Waals surface area contributed by atoms with Crippen LogP contribution in [0.5, 0.6) is 11.5 Å². The lowest BCUT2D eigenvalue weighted by Crippen LogP contribution is -2.61. The quantitative estimate of drug-likeness (QED) is 0.0480. The molecule has 1 aliphatic heterocycles. The maximum Gasteiger partial charge on any atom is 0.305 e. The lowest BCUT2D eigenvalue weighted by Gasteiger charge is -2.36. The Morgan fingerprint density at radius 3 is 1.53 bits per heavy atom. The molecule has 1 saturated heterocycles. The number of carbonyl (C=O) groups is 16. The van der Waals surface area contributed by atoms with Crippen LogP contribution < -0.4 is 53.6 Å². The number of primary amides is 1. The summed E-state index contributed by atoms with van der Waals surface area (Å²) < 4.78 is 0. The summed E-state index contributed by atoms with van der Waals surface area (Å²) in [6.45, 7) is 7.55. The van der Waals surface area contributed by atoms with Gasteiger partial charge in [-0.15, -0.1) is 11.8 Å². The van der Waals surface area contributed by atoms with Gasteiger partial charge >= 0.3 is 5.97 Å². The largest absolute Gasteiger partial charge is 0.508 e. The molecule has 11 unspecified atom stereocenters. The van der Waals surface area contributed by atoms with Crippen molar-refractivity contribution in [2.24, 2.45) is 17.6 Å². The fraction of sp³-hybridized carbons (Fsp3) is 0.448. The number of fused-ring (bicyclic) bond motifs is 1.